The summed E-state index contributed by atoms with van der Waals surface area (Å²) in [7, 11) is -3.74. The van der Waals surface area contributed by atoms with Crippen molar-refractivity contribution in [3.05, 3.63) is 42.0 Å². The van der Waals surface area contributed by atoms with Crippen LogP contribution in [0.1, 0.15) is 18.9 Å². The van der Waals surface area contributed by atoms with E-state index in [2.05, 4.69) is 0 Å². The normalized spacial score (nSPS) is 19.6. The van der Waals surface area contributed by atoms with Crippen LogP contribution in [-0.4, -0.2) is 24.7 Å². The Labute approximate surface area is 107 Å². The molecule has 0 radical (unpaired) electrons. The van der Waals surface area contributed by atoms with Crippen molar-refractivity contribution in [2.45, 2.75) is 31.2 Å². The van der Waals surface area contributed by atoms with Crippen LogP contribution in [0.3, 0.4) is 0 Å². The van der Waals surface area contributed by atoms with Gasteiger partial charge in [-0.15, -0.1) is 0 Å². The van der Waals surface area contributed by atoms with Crippen LogP contribution in [0, 0.1) is 6.92 Å². The Balaban J connectivity index is 2.43. The number of sulfonamides is 1. The number of nitrogens with zero attached hydrogens (tertiary/aromatic N) is 1. The molecule has 0 bridgehead atoms. The van der Waals surface area contributed by atoms with E-state index in [9.17, 15) is 13.2 Å². The number of carbonyl (C=O) groups is 1. The summed E-state index contributed by atoms with van der Waals surface area (Å²) >= 11 is 0. The average molecular weight is 265 g/mol. The summed E-state index contributed by atoms with van der Waals surface area (Å²) in [6.45, 7) is 3.74. The topological polar surface area (TPSA) is 54.5 Å². The average Bonchev–Trinajstić information content (AvgIpc) is 2.71. The maximum absolute atomic E-state index is 12.4. The van der Waals surface area contributed by atoms with Crippen LogP contribution in [-0.2, 0) is 14.8 Å². The zero-order chi connectivity index (χ0) is 13.3. The highest BCUT2D eigenvalue weighted by Gasteiger charge is 2.35. The molecule has 5 heteroatoms. The Bertz CT molecular complexity index is 587. The van der Waals surface area contributed by atoms with Gasteiger partial charge in [-0.3, -0.25) is 4.79 Å². The molecule has 1 amide bonds. The van der Waals surface area contributed by atoms with Crippen LogP contribution in [0.5, 0.6) is 0 Å². The Hall–Kier alpha value is -1.62. The summed E-state index contributed by atoms with van der Waals surface area (Å²) in [6.07, 6.45) is 3.53. The first-order valence-corrected chi connectivity index (χ1v) is 7.24. The first-order valence-electron chi connectivity index (χ1n) is 5.80. The number of aryl methyl sites for hydroxylation is 1. The van der Waals surface area contributed by atoms with Gasteiger partial charge in [0, 0.05) is 6.08 Å². The predicted octanol–water partition coefficient (Wildman–Crippen LogP) is 1.86. The third-order valence-corrected chi connectivity index (χ3v) is 4.81. The van der Waals surface area contributed by atoms with Crippen LogP contribution in [0.4, 0.5) is 0 Å². The minimum atomic E-state index is -3.74. The second kappa shape index (κ2) is 4.57. The van der Waals surface area contributed by atoms with Gasteiger partial charge in [0.05, 0.1) is 10.9 Å². The van der Waals surface area contributed by atoms with E-state index in [0.717, 1.165) is 9.87 Å². The molecule has 1 unspecified atom stereocenters. The first-order chi connectivity index (χ1) is 8.46. The van der Waals surface area contributed by atoms with Crippen molar-refractivity contribution < 1.29 is 13.2 Å². The van der Waals surface area contributed by atoms with Crippen LogP contribution < -0.4 is 0 Å². The van der Waals surface area contributed by atoms with Gasteiger partial charge in [-0.25, -0.2) is 12.7 Å². The molecule has 1 aliphatic rings. The van der Waals surface area contributed by atoms with Gasteiger partial charge in [0.15, 0.2) is 0 Å². The van der Waals surface area contributed by atoms with Crippen LogP contribution in [0.25, 0.3) is 0 Å². The van der Waals surface area contributed by atoms with E-state index in [1.807, 2.05) is 13.8 Å². The zero-order valence-electron chi connectivity index (χ0n) is 10.3. The Morgan fingerprint density at radius 1 is 1.22 bits per heavy atom. The summed E-state index contributed by atoms with van der Waals surface area (Å²) in [6, 6.07) is 6.14. The lowest BCUT2D eigenvalue weighted by Crippen LogP contribution is -2.38. The summed E-state index contributed by atoms with van der Waals surface area (Å²) in [4.78, 5) is 11.8. The first kappa shape index (κ1) is 12.8. The van der Waals surface area contributed by atoms with E-state index in [1.54, 1.807) is 18.2 Å². The van der Waals surface area contributed by atoms with Gasteiger partial charge >= 0.3 is 0 Å². The number of rotatable bonds is 3. The summed E-state index contributed by atoms with van der Waals surface area (Å²) in [5.74, 6) is -0.470. The quantitative estimate of drug-likeness (QED) is 0.838. The largest absolute Gasteiger partial charge is 0.269 e. The Morgan fingerprint density at radius 2 is 1.83 bits per heavy atom. The molecule has 1 aromatic carbocycles. The van der Waals surface area contributed by atoms with Crippen molar-refractivity contribution in [3.63, 3.8) is 0 Å². The molecular formula is C13H15NO3S. The van der Waals surface area contributed by atoms with Crippen LogP contribution in [0.2, 0.25) is 0 Å². The molecule has 0 saturated heterocycles. The Morgan fingerprint density at radius 3 is 2.39 bits per heavy atom. The van der Waals surface area contributed by atoms with Crippen molar-refractivity contribution in [2.75, 3.05) is 0 Å². The van der Waals surface area contributed by atoms with Gasteiger partial charge in [0.2, 0.25) is 0 Å². The molecule has 0 fully saturated rings. The summed E-state index contributed by atoms with van der Waals surface area (Å²) in [5.41, 5.74) is 0.979. The molecule has 0 aromatic heterocycles. The van der Waals surface area contributed by atoms with E-state index in [1.165, 1.54) is 18.2 Å². The van der Waals surface area contributed by atoms with E-state index >= 15 is 0 Å². The fraction of sp³-hybridized carbons (Fsp3) is 0.308. The lowest BCUT2D eigenvalue weighted by molar-refractivity contribution is -0.121. The van der Waals surface area contributed by atoms with Gasteiger partial charge in [-0.2, -0.15) is 0 Å². The van der Waals surface area contributed by atoms with E-state index in [4.69, 9.17) is 0 Å². The lowest BCUT2D eigenvalue weighted by atomic mass is 10.2. The predicted molar refractivity (Wildman–Crippen MR) is 68.4 cm³/mol. The van der Waals surface area contributed by atoms with Crippen LogP contribution in [0.15, 0.2) is 41.3 Å². The third kappa shape index (κ3) is 2.06. The molecule has 1 heterocycles. The molecular weight excluding hydrogens is 250 g/mol. The van der Waals surface area contributed by atoms with Gasteiger partial charge < -0.3 is 0 Å². The second-order valence-electron chi connectivity index (χ2n) is 4.29. The fourth-order valence-corrected chi connectivity index (χ4v) is 3.51. The maximum Gasteiger partial charge on any atom is 0.267 e. The third-order valence-electron chi connectivity index (χ3n) is 2.98. The molecule has 4 nitrogen and oxygen atoms in total. The highest BCUT2D eigenvalue weighted by atomic mass is 32.2. The van der Waals surface area contributed by atoms with Crippen LogP contribution >= 0.6 is 0 Å². The van der Waals surface area contributed by atoms with Crippen molar-refractivity contribution >= 4 is 15.9 Å². The molecule has 96 valence electrons. The second-order valence-corrected chi connectivity index (χ2v) is 6.10. The molecule has 18 heavy (non-hydrogen) atoms. The van der Waals surface area contributed by atoms with E-state index < -0.39 is 15.9 Å². The van der Waals surface area contributed by atoms with E-state index in [0.29, 0.717) is 6.42 Å². The molecule has 1 aromatic rings. The molecule has 0 N–H and O–H groups in total. The van der Waals surface area contributed by atoms with Gasteiger partial charge in [-0.1, -0.05) is 30.7 Å². The fourth-order valence-electron chi connectivity index (χ4n) is 1.93. The lowest BCUT2D eigenvalue weighted by Gasteiger charge is -2.23. The molecule has 0 aliphatic carbocycles. The number of hydrogen-bond donors (Lipinski definition) is 0. The molecule has 0 saturated carbocycles. The minimum absolute atomic E-state index is 0.156. The Kier molecular flexibility index (Phi) is 3.26. The molecule has 0 spiro atoms. The monoisotopic (exact) mass is 265 g/mol. The van der Waals surface area contributed by atoms with Crippen molar-refractivity contribution in [2.24, 2.45) is 0 Å². The van der Waals surface area contributed by atoms with Crippen molar-refractivity contribution in [3.8, 4) is 0 Å². The summed E-state index contributed by atoms with van der Waals surface area (Å²) in [5, 5.41) is 0. The summed E-state index contributed by atoms with van der Waals surface area (Å²) < 4.78 is 25.7. The van der Waals surface area contributed by atoms with Gasteiger partial charge in [0.1, 0.15) is 0 Å². The number of hydrogen-bond acceptors (Lipinski definition) is 3. The zero-order valence-corrected chi connectivity index (χ0v) is 11.1. The van der Waals surface area contributed by atoms with Gasteiger partial charge in [0.25, 0.3) is 15.9 Å². The maximum atomic E-state index is 12.4. The van der Waals surface area contributed by atoms with Crippen molar-refractivity contribution in [1.29, 1.82) is 0 Å². The molecule has 2 rings (SSSR count). The van der Waals surface area contributed by atoms with Crippen molar-refractivity contribution in [1.82, 2.24) is 4.31 Å². The molecule has 1 atom stereocenters. The molecule has 1 aliphatic heterocycles. The van der Waals surface area contributed by atoms with E-state index in [-0.39, 0.29) is 10.9 Å². The van der Waals surface area contributed by atoms with Gasteiger partial charge in [-0.05, 0) is 25.5 Å². The highest BCUT2D eigenvalue weighted by molar-refractivity contribution is 7.89. The smallest absolute Gasteiger partial charge is 0.267 e. The SMILES string of the molecule is CCC1C=CC(=O)N1S(=O)(=O)c1ccc(C)cc1. The standard InChI is InChI=1S/C13H15NO3S/c1-3-11-6-9-13(15)14(11)18(16,17)12-7-4-10(2)5-8-12/h4-9,11H,3H2,1-2H3. The number of benzene rings is 1. The minimum Gasteiger partial charge on any atom is -0.269 e. The number of carbonyl (C=O) groups excluding carboxylic acids is 1. The highest BCUT2D eigenvalue weighted by Crippen LogP contribution is 2.24. The number of amides is 1.